The molecule has 3 N–H and O–H groups in total. The maximum atomic E-state index is 13.3. The van der Waals surface area contributed by atoms with Crippen molar-refractivity contribution in [3.63, 3.8) is 0 Å². The first kappa shape index (κ1) is 19.1. The summed E-state index contributed by atoms with van der Waals surface area (Å²) in [5, 5.41) is 2.86. The van der Waals surface area contributed by atoms with Crippen molar-refractivity contribution in [2.45, 2.75) is 37.8 Å². The van der Waals surface area contributed by atoms with Gasteiger partial charge >= 0.3 is 0 Å². The van der Waals surface area contributed by atoms with Crippen LogP contribution >= 0.6 is 11.8 Å². The van der Waals surface area contributed by atoms with Crippen LogP contribution in [0.1, 0.15) is 36.0 Å². The van der Waals surface area contributed by atoms with E-state index in [2.05, 4.69) is 5.32 Å². The molecule has 1 saturated carbocycles. The highest BCUT2D eigenvalue weighted by atomic mass is 32.2. The van der Waals surface area contributed by atoms with Gasteiger partial charge < -0.3 is 16.0 Å². The predicted molar refractivity (Wildman–Crippen MR) is 96.6 cm³/mol. The zero-order valence-corrected chi connectivity index (χ0v) is 15.2. The average Bonchev–Trinajstić information content (AvgIpc) is 3.18. The highest BCUT2D eigenvalue weighted by Crippen LogP contribution is 2.28. The Labute approximate surface area is 155 Å². The van der Waals surface area contributed by atoms with Crippen LogP contribution in [-0.4, -0.2) is 47.0 Å². The SMILES string of the molecule is N[C@H](C(=O)N1CCSC1)C1CCC(NC(=O)c2ccc(F)c(F)c2)CC1. The summed E-state index contributed by atoms with van der Waals surface area (Å²) in [4.78, 5) is 26.4. The normalized spacial score (nSPS) is 24.3. The fourth-order valence-corrected chi connectivity index (χ4v) is 4.48. The molecule has 5 nitrogen and oxygen atoms in total. The number of rotatable bonds is 4. The summed E-state index contributed by atoms with van der Waals surface area (Å²) in [6, 6.07) is 2.58. The number of carbonyl (C=O) groups is 2. The number of nitrogens with two attached hydrogens (primary N) is 1. The molecular weight excluding hydrogens is 360 g/mol. The first-order valence-electron chi connectivity index (χ1n) is 8.83. The topological polar surface area (TPSA) is 75.4 Å². The molecule has 2 fully saturated rings. The molecule has 1 heterocycles. The average molecular weight is 383 g/mol. The standard InChI is InChI=1S/C18H23F2N3O2S/c19-14-6-3-12(9-15(14)20)17(24)22-13-4-1-11(2-5-13)16(21)18(25)23-7-8-26-10-23/h3,6,9,11,13,16H,1-2,4-5,7-8,10,21H2,(H,22,24)/t11?,13?,16-/m0/s1. The quantitative estimate of drug-likeness (QED) is 0.835. The monoisotopic (exact) mass is 383 g/mol. The number of nitrogens with one attached hydrogen (secondary N) is 1. The molecule has 26 heavy (non-hydrogen) atoms. The van der Waals surface area contributed by atoms with Crippen LogP contribution in [0, 0.1) is 17.6 Å². The Bertz CT molecular complexity index is 674. The first-order chi connectivity index (χ1) is 12.5. The maximum absolute atomic E-state index is 13.3. The second-order valence-corrected chi connectivity index (χ2v) is 7.95. The van der Waals surface area contributed by atoms with Crippen molar-refractivity contribution >= 4 is 23.6 Å². The van der Waals surface area contributed by atoms with Crippen LogP contribution in [0.3, 0.4) is 0 Å². The molecule has 1 aliphatic heterocycles. The summed E-state index contributed by atoms with van der Waals surface area (Å²) >= 11 is 1.73. The van der Waals surface area contributed by atoms with Gasteiger partial charge in [-0.25, -0.2) is 8.78 Å². The highest BCUT2D eigenvalue weighted by Gasteiger charge is 2.33. The van der Waals surface area contributed by atoms with Crippen LogP contribution < -0.4 is 11.1 Å². The van der Waals surface area contributed by atoms with Gasteiger partial charge in [0.05, 0.1) is 11.9 Å². The van der Waals surface area contributed by atoms with E-state index in [0.29, 0.717) is 5.88 Å². The van der Waals surface area contributed by atoms with Crippen LogP contribution in [0.5, 0.6) is 0 Å². The molecule has 3 rings (SSSR count). The summed E-state index contributed by atoms with van der Waals surface area (Å²) in [7, 11) is 0. The minimum atomic E-state index is -1.04. The van der Waals surface area contributed by atoms with E-state index in [4.69, 9.17) is 5.73 Å². The molecule has 2 aliphatic rings. The molecule has 1 aromatic carbocycles. The maximum Gasteiger partial charge on any atom is 0.251 e. The van der Waals surface area contributed by atoms with Crippen molar-refractivity contribution in [3.05, 3.63) is 35.4 Å². The number of hydrogen-bond acceptors (Lipinski definition) is 4. The third kappa shape index (κ3) is 4.35. The zero-order valence-electron chi connectivity index (χ0n) is 14.4. The van der Waals surface area contributed by atoms with Crippen molar-refractivity contribution in [2.75, 3.05) is 18.2 Å². The Kier molecular flexibility index (Phi) is 6.13. The molecule has 0 unspecified atom stereocenters. The van der Waals surface area contributed by atoms with Gasteiger partial charge in [0.1, 0.15) is 0 Å². The fraction of sp³-hybridized carbons (Fsp3) is 0.556. The lowest BCUT2D eigenvalue weighted by Crippen LogP contribution is -2.49. The summed E-state index contributed by atoms with van der Waals surface area (Å²) < 4.78 is 26.2. The summed E-state index contributed by atoms with van der Waals surface area (Å²) in [5.74, 6) is -0.619. The second-order valence-electron chi connectivity index (χ2n) is 6.88. The molecule has 0 spiro atoms. The van der Waals surface area contributed by atoms with E-state index < -0.39 is 23.6 Å². The molecule has 0 aromatic heterocycles. The number of amides is 2. The number of thioether (sulfide) groups is 1. The largest absolute Gasteiger partial charge is 0.349 e. The fourth-order valence-electron chi connectivity index (χ4n) is 3.53. The van der Waals surface area contributed by atoms with Crippen molar-refractivity contribution in [1.82, 2.24) is 10.2 Å². The number of halogens is 2. The van der Waals surface area contributed by atoms with Crippen LogP contribution in [-0.2, 0) is 4.79 Å². The van der Waals surface area contributed by atoms with Crippen molar-refractivity contribution < 1.29 is 18.4 Å². The first-order valence-corrected chi connectivity index (χ1v) is 9.99. The molecule has 2 amide bonds. The van der Waals surface area contributed by atoms with E-state index in [0.717, 1.165) is 50.1 Å². The highest BCUT2D eigenvalue weighted by molar-refractivity contribution is 7.99. The Balaban J connectivity index is 1.49. The third-order valence-corrected chi connectivity index (χ3v) is 6.11. The van der Waals surface area contributed by atoms with Crippen LogP contribution in [0.4, 0.5) is 8.78 Å². The van der Waals surface area contributed by atoms with E-state index >= 15 is 0 Å². The third-order valence-electron chi connectivity index (χ3n) is 5.15. The van der Waals surface area contributed by atoms with Crippen molar-refractivity contribution in [2.24, 2.45) is 11.7 Å². The van der Waals surface area contributed by atoms with E-state index in [1.165, 1.54) is 6.07 Å². The van der Waals surface area contributed by atoms with Gasteiger partial charge in [-0.2, -0.15) is 0 Å². The molecule has 8 heteroatoms. The van der Waals surface area contributed by atoms with Crippen molar-refractivity contribution in [3.8, 4) is 0 Å². The van der Waals surface area contributed by atoms with E-state index in [9.17, 15) is 18.4 Å². The smallest absolute Gasteiger partial charge is 0.251 e. The summed E-state index contributed by atoms with van der Waals surface area (Å²) in [6.07, 6.45) is 2.96. The number of nitrogens with zero attached hydrogens (tertiary/aromatic N) is 1. The zero-order chi connectivity index (χ0) is 18.7. The van der Waals surface area contributed by atoms with Gasteiger partial charge in [0.15, 0.2) is 11.6 Å². The molecule has 142 valence electrons. The number of carbonyl (C=O) groups excluding carboxylic acids is 2. The van der Waals surface area contributed by atoms with Gasteiger partial charge in [0.25, 0.3) is 5.91 Å². The predicted octanol–water partition coefficient (Wildman–Crippen LogP) is 2.11. The lowest BCUT2D eigenvalue weighted by molar-refractivity contribution is -0.132. The Morgan fingerprint density at radius 1 is 1.19 bits per heavy atom. The summed E-state index contributed by atoms with van der Waals surface area (Å²) in [5.41, 5.74) is 6.28. The van der Waals surface area contributed by atoms with Gasteiger partial charge in [-0.3, -0.25) is 9.59 Å². The van der Waals surface area contributed by atoms with Crippen molar-refractivity contribution in [1.29, 1.82) is 0 Å². The molecule has 1 aliphatic carbocycles. The van der Waals surface area contributed by atoms with Crippen LogP contribution in [0.2, 0.25) is 0 Å². The lowest BCUT2D eigenvalue weighted by Gasteiger charge is -2.33. The Morgan fingerprint density at radius 2 is 1.92 bits per heavy atom. The Morgan fingerprint density at radius 3 is 2.54 bits per heavy atom. The van der Waals surface area contributed by atoms with E-state index in [-0.39, 0.29) is 23.4 Å². The van der Waals surface area contributed by atoms with Crippen LogP contribution in [0.25, 0.3) is 0 Å². The molecule has 1 atom stereocenters. The summed E-state index contributed by atoms with van der Waals surface area (Å²) in [6.45, 7) is 0.761. The molecule has 0 radical (unpaired) electrons. The van der Waals surface area contributed by atoms with Crippen LogP contribution in [0.15, 0.2) is 18.2 Å². The lowest BCUT2D eigenvalue weighted by atomic mass is 9.81. The van der Waals surface area contributed by atoms with E-state index in [1.807, 2.05) is 4.90 Å². The molecule has 1 saturated heterocycles. The second kappa shape index (κ2) is 8.35. The van der Waals surface area contributed by atoms with Gasteiger partial charge in [-0.15, -0.1) is 11.8 Å². The van der Waals surface area contributed by atoms with Gasteiger partial charge in [-0.05, 0) is 49.8 Å². The van der Waals surface area contributed by atoms with E-state index in [1.54, 1.807) is 11.8 Å². The molecular formula is C18H23F2N3O2S. The minimum absolute atomic E-state index is 0.0178. The van der Waals surface area contributed by atoms with Gasteiger partial charge in [0, 0.05) is 23.9 Å². The van der Waals surface area contributed by atoms with Gasteiger partial charge in [0.2, 0.25) is 5.91 Å². The Hall–Kier alpha value is -1.67. The minimum Gasteiger partial charge on any atom is -0.349 e. The van der Waals surface area contributed by atoms with Gasteiger partial charge in [-0.1, -0.05) is 0 Å². The number of hydrogen-bond donors (Lipinski definition) is 2. The molecule has 0 bridgehead atoms. The number of benzene rings is 1. The molecule has 1 aromatic rings.